The first-order valence-electron chi connectivity index (χ1n) is 10.3. The van der Waals surface area contributed by atoms with E-state index in [2.05, 4.69) is 23.7 Å². The summed E-state index contributed by atoms with van der Waals surface area (Å²) in [4.78, 5) is 35.2. The minimum Gasteiger partial charge on any atom is -0.346 e. The number of carbonyl (C=O) groups excluding carboxylic acids is 2. The third-order valence-electron chi connectivity index (χ3n) is 5.69. The van der Waals surface area contributed by atoms with Crippen LogP contribution >= 0.6 is 0 Å². The Balaban J connectivity index is 1.68. The summed E-state index contributed by atoms with van der Waals surface area (Å²) in [5.74, 6) is 0.497. The predicted octanol–water partition coefficient (Wildman–Crippen LogP) is 4.01. The van der Waals surface area contributed by atoms with E-state index < -0.39 is 0 Å². The molecule has 0 N–H and O–H groups in total. The second-order valence-corrected chi connectivity index (χ2v) is 8.01. The van der Waals surface area contributed by atoms with Gasteiger partial charge >= 0.3 is 0 Å². The van der Waals surface area contributed by atoms with E-state index in [1.807, 2.05) is 37.4 Å². The number of allylic oxidation sites excluding steroid dienone is 1. The SMILES string of the molecule is C=CC(=O)Cc1cc(CC2CCN(C)C(=O)C2)cc(-c2cnc3ccccc3n2)c1. The smallest absolute Gasteiger partial charge is 0.222 e. The zero-order chi connectivity index (χ0) is 21.1. The Labute approximate surface area is 176 Å². The van der Waals surface area contributed by atoms with Crippen LogP contribution < -0.4 is 0 Å². The molecule has 5 nitrogen and oxygen atoms in total. The van der Waals surface area contributed by atoms with Gasteiger partial charge in [-0.05, 0) is 60.2 Å². The van der Waals surface area contributed by atoms with Crippen molar-refractivity contribution < 1.29 is 9.59 Å². The Kier molecular flexibility index (Phi) is 5.70. The topological polar surface area (TPSA) is 63.2 Å². The van der Waals surface area contributed by atoms with E-state index in [0.29, 0.717) is 18.8 Å². The van der Waals surface area contributed by atoms with Crippen LogP contribution in [0.2, 0.25) is 0 Å². The van der Waals surface area contributed by atoms with Crippen molar-refractivity contribution in [3.63, 3.8) is 0 Å². The van der Waals surface area contributed by atoms with Gasteiger partial charge in [0.2, 0.25) is 5.91 Å². The summed E-state index contributed by atoms with van der Waals surface area (Å²) in [7, 11) is 1.86. The van der Waals surface area contributed by atoms with Crippen LogP contribution in [0.15, 0.2) is 61.3 Å². The normalized spacial score (nSPS) is 16.6. The van der Waals surface area contributed by atoms with Crippen LogP contribution in [0.3, 0.4) is 0 Å². The van der Waals surface area contributed by atoms with Crippen LogP contribution in [0.5, 0.6) is 0 Å². The highest BCUT2D eigenvalue weighted by Gasteiger charge is 2.23. The molecule has 1 amide bonds. The van der Waals surface area contributed by atoms with E-state index in [4.69, 9.17) is 4.98 Å². The maximum absolute atomic E-state index is 12.1. The maximum atomic E-state index is 12.1. The van der Waals surface area contributed by atoms with E-state index in [-0.39, 0.29) is 11.7 Å². The van der Waals surface area contributed by atoms with Gasteiger partial charge in [0.1, 0.15) is 0 Å². The number of nitrogens with zero attached hydrogens (tertiary/aromatic N) is 3. The highest BCUT2D eigenvalue weighted by Crippen LogP contribution is 2.27. The van der Waals surface area contributed by atoms with Gasteiger partial charge in [-0.15, -0.1) is 0 Å². The highest BCUT2D eigenvalue weighted by atomic mass is 16.2. The zero-order valence-electron chi connectivity index (χ0n) is 17.2. The molecule has 0 radical (unpaired) electrons. The fraction of sp³-hybridized carbons (Fsp3) is 0.280. The molecule has 0 saturated carbocycles. The standard InChI is InChI=1S/C25H25N3O2/c1-3-21(29)14-19-11-18(10-17-8-9-28(2)25(30)15-17)12-20(13-19)24-16-26-22-6-4-5-7-23(22)27-24/h3-7,11-13,16-17H,1,8-10,14-15H2,2H3. The van der Waals surface area contributed by atoms with Gasteiger partial charge in [-0.25, -0.2) is 4.98 Å². The quantitative estimate of drug-likeness (QED) is 0.588. The van der Waals surface area contributed by atoms with Gasteiger partial charge in [0.05, 0.1) is 22.9 Å². The first-order valence-corrected chi connectivity index (χ1v) is 10.3. The number of benzene rings is 2. The summed E-state index contributed by atoms with van der Waals surface area (Å²) >= 11 is 0. The van der Waals surface area contributed by atoms with Gasteiger partial charge in [0, 0.05) is 32.0 Å². The van der Waals surface area contributed by atoms with Crippen molar-refractivity contribution in [2.45, 2.75) is 25.7 Å². The molecule has 1 fully saturated rings. The lowest BCUT2D eigenvalue weighted by Gasteiger charge is -2.29. The van der Waals surface area contributed by atoms with Gasteiger partial charge < -0.3 is 4.90 Å². The molecule has 1 aromatic heterocycles. The third-order valence-corrected chi connectivity index (χ3v) is 5.69. The van der Waals surface area contributed by atoms with Crippen molar-refractivity contribution in [3.05, 3.63) is 72.4 Å². The van der Waals surface area contributed by atoms with Crippen LogP contribution in [-0.4, -0.2) is 40.2 Å². The number of carbonyl (C=O) groups is 2. The maximum Gasteiger partial charge on any atom is 0.222 e. The Morgan fingerprint density at radius 1 is 1.20 bits per heavy atom. The number of ketones is 1. The first kappa shape index (κ1) is 20.0. The van der Waals surface area contributed by atoms with Gasteiger partial charge in [0.25, 0.3) is 0 Å². The molecule has 2 aromatic carbocycles. The minimum atomic E-state index is -0.0165. The molecule has 5 heteroatoms. The van der Waals surface area contributed by atoms with Gasteiger partial charge in [-0.1, -0.05) is 24.8 Å². The van der Waals surface area contributed by atoms with Crippen molar-refractivity contribution in [3.8, 4) is 11.3 Å². The minimum absolute atomic E-state index is 0.0165. The lowest BCUT2D eigenvalue weighted by molar-refractivity contribution is -0.133. The molecule has 3 aromatic rings. The van der Waals surface area contributed by atoms with Crippen molar-refractivity contribution in [1.82, 2.24) is 14.9 Å². The molecule has 1 aliphatic heterocycles. The van der Waals surface area contributed by atoms with Gasteiger partial charge in [-0.3, -0.25) is 14.6 Å². The van der Waals surface area contributed by atoms with E-state index in [0.717, 1.165) is 52.8 Å². The van der Waals surface area contributed by atoms with Crippen LogP contribution in [-0.2, 0) is 22.4 Å². The predicted molar refractivity (Wildman–Crippen MR) is 118 cm³/mol. The molecule has 0 spiro atoms. The monoisotopic (exact) mass is 399 g/mol. The molecule has 4 rings (SSSR count). The van der Waals surface area contributed by atoms with Crippen LogP contribution in [0, 0.1) is 5.92 Å². The number of aromatic nitrogens is 2. The molecule has 0 aliphatic carbocycles. The van der Waals surface area contributed by atoms with Gasteiger partial charge in [-0.2, -0.15) is 0 Å². The van der Waals surface area contributed by atoms with Crippen LogP contribution in [0.25, 0.3) is 22.3 Å². The number of rotatable bonds is 6. The number of hydrogen-bond acceptors (Lipinski definition) is 4. The van der Waals surface area contributed by atoms with E-state index >= 15 is 0 Å². The van der Waals surface area contributed by atoms with Crippen LogP contribution in [0.4, 0.5) is 0 Å². The molecule has 1 saturated heterocycles. The molecule has 152 valence electrons. The largest absolute Gasteiger partial charge is 0.346 e. The fourth-order valence-electron chi connectivity index (χ4n) is 4.01. The number of likely N-dealkylation sites (tertiary alicyclic amines) is 1. The molecular weight excluding hydrogens is 374 g/mol. The summed E-state index contributed by atoms with van der Waals surface area (Å²) in [6.07, 6.45) is 5.81. The second kappa shape index (κ2) is 8.57. The molecule has 1 unspecified atom stereocenters. The van der Waals surface area contributed by atoms with Gasteiger partial charge in [0.15, 0.2) is 5.78 Å². The zero-order valence-corrected chi connectivity index (χ0v) is 17.2. The van der Waals surface area contributed by atoms with Crippen LogP contribution in [0.1, 0.15) is 24.0 Å². The number of piperidine rings is 1. The lowest BCUT2D eigenvalue weighted by atomic mass is 9.88. The molecule has 30 heavy (non-hydrogen) atoms. The average molecular weight is 399 g/mol. The summed E-state index contributed by atoms with van der Waals surface area (Å²) in [6.45, 7) is 4.38. The Morgan fingerprint density at radius 3 is 2.73 bits per heavy atom. The van der Waals surface area contributed by atoms with Crippen molar-refractivity contribution in [2.75, 3.05) is 13.6 Å². The van der Waals surface area contributed by atoms with Crippen molar-refractivity contribution in [2.24, 2.45) is 5.92 Å². The number of fused-ring (bicyclic) bond motifs is 1. The Hall–Kier alpha value is -3.34. The van der Waals surface area contributed by atoms with Crippen molar-refractivity contribution >= 4 is 22.7 Å². The summed E-state index contributed by atoms with van der Waals surface area (Å²) in [6, 6.07) is 14.0. The highest BCUT2D eigenvalue weighted by molar-refractivity contribution is 5.91. The molecule has 1 aliphatic rings. The summed E-state index contributed by atoms with van der Waals surface area (Å²) in [5.41, 5.74) is 5.46. The molecule has 1 atom stereocenters. The Morgan fingerprint density at radius 2 is 1.97 bits per heavy atom. The molecule has 0 bridgehead atoms. The summed E-state index contributed by atoms with van der Waals surface area (Å²) in [5, 5.41) is 0. The number of amides is 1. The summed E-state index contributed by atoms with van der Waals surface area (Å²) < 4.78 is 0. The molecule has 2 heterocycles. The van der Waals surface area contributed by atoms with E-state index in [1.165, 1.54) is 6.08 Å². The number of para-hydroxylation sites is 2. The average Bonchev–Trinajstić information content (AvgIpc) is 2.75. The fourth-order valence-corrected chi connectivity index (χ4v) is 4.01. The first-order chi connectivity index (χ1) is 14.5. The van der Waals surface area contributed by atoms with Crippen molar-refractivity contribution in [1.29, 1.82) is 0 Å². The molecular formula is C25H25N3O2. The van der Waals surface area contributed by atoms with E-state index in [1.54, 1.807) is 11.1 Å². The third kappa shape index (κ3) is 4.46. The lowest BCUT2D eigenvalue weighted by Crippen LogP contribution is -2.36. The second-order valence-electron chi connectivity index (χ2n) is 8.01. The van der Waals surface area contributed by atoms with E-state index in [9.17, 15) is 9.59 Å². The number of hydrogen-bond donors (Lipinski definition) is 0. The Bertz CT molecular complexity index is 1120.